The first-order valence-corrected chi connectivity index (χ1v) is 8.29. The van der Waals surface area contributed by atoms with Gasteiger partial charge in [-0.2, -0.15) is 0 Å². The van der Waals surface area contributed by atoms with Crippen molar-refractivity contribution >= 4 is 15.9 Å². The molecule has 4 heteroatoms. The van der Waals surface area contributed by atoms with Gasteiger partial charge in [0.15, 0.2) is 0 Å². The molecule has 0 amide bonds. The molecule has 1 atom stereocenters. The summed E-state index contributed by atoms with van der Waals surface area (Å²) in [6, 6.07) is 7.07. The number of benzene rings is 1. The predicted molar refractivity (Wildman–Crippen MR) is 87.1 cm³/mol. The van der Waals surface area contributed by atoms with E-state index >= 15 is 0 Å². The highest BCUT2D eigenvalue weighted by molar-refractivity contribution is 9.10. The molecule has 1 aliphatic carbocycles. The van der Waals surface area contributed by atoms with E-state index in [1.54, 1.807) is 7.11 Å². The average molecular weight is 341 g/mol. The smallest absolute Gasteiger partial charge is 0.119 e. The minimum atomic E-state index is 0.257. The molecule has 3 nitrogen and oxygen atoms in total. The third kappa shape index (κ3) is 3.35. The molecule has 0 spiro atoms. The van der Waals surface area contributed by atoms with Crippen molar-refractivity contribution in [1.82, 2.24) is 4.90 Å². The lowest BCUT2D eigenvalue weighted by Crippen LogP contribution is -2.40. The van der Waals surface area contributed by atoms with Gasteiger partial charge < -0.3 is 10.5 Å². The molecular formula is C16H25BrN2O. The summed E-state index contributed by atoms with van der Waals surface area (Å²) in [5.74, 6) is 0.893. The SMILES string of the molecule is CCN(C1CCCC1)C(CN)c1cc(OC)ccc1Br. The zero-order valence-electron chi connectivity index (χ0n) is 12.4. The van der Waals surface area contributed by atoms with Gasteiger partial charge in [-0.3, -0.25) is 4.90 Å². The summed E-state index contributed by atoms with van der Waals surface area (Å²) in [4.78, 5) is 2.56. The largest absolute Gasteiger partial charge is 0.497 e. The van der Waals surface area contributed by atoms with Gasteiger partial charge in [-0.1, -0.05) is 35.7 Å². The van der Waals surface area contributed by atoms with Crippen LogP contribution in [0, 0.1) is 0 Å². The van der Waals surface area contributed by atoms with E-state index in [0.29, 0.717) is 12.6 Å². The standard InChI is InChI=1S/C16H25BrN2O/c1-3-19(12-6-4-5-7-12)16(11-18)14-10-13(20-2)8-9-15(14)17/h8-10,12,16H,3-7,11,18H2,1-2H3. The minimum Gasteiger partial charge on any atom is -0.497 e. The third-order valence-corrected chi connectivity index (χ3v) is 5.07. The van der Waals surface area contributed by atoms with E-state index in [1.165, 1.54) is 31.2 Å². The Morgan fingerprint density at radius 3 is 2.65 bits per heavy atom. The van der Waals surface area contributed by atoms with Gasteiger partial charge in [0.1, 0.15) is 5.75 Å². The van der Waals surface area contributed by atoms with Crippen LogP contribution in [0.1, 0.15) is 44.2 Å². The molecule has 0 bridgehead atoms. The first-order chi connectivity index (χ1) is 9.71. The zero-order valence-corrected chi connectivity index (χ0v) is 14.0. The van der Waals surface area contributed by atoms with Crippen molar-refractivity contribution in [2.45, 2.75) is 44.7 Å². The summed E-state index contributed by atoms with van der Waals surface area (Å²) in [7, 11) is 1.71. The number of halogens is 1. The van der Waals surface area contributed by atoms with Gasteiger partial charge in [0.25, 0.3) is 0 Å². The van der Waals surface area contributed by atoms with E-state index < -0.39 is 0 Å². The molecule has 1 aromatic carbocycles. The molecule has 2 N–H and O–H groups in total. The van der Waals surface area contributed by atoms with E-state index in [9.17, 15) is 0 Å². The summed E-state index contributed by atoms with van der Waals surface area (Å²) in [6.07, 6.45) is 5.29. The Labute approximate surface area is 130 Å². The van der Waals surface area contributed by atoms with Crippen LogP contribution in [-0.2, 0) is 0 Å². The molecule has 0 radical (unpaired) electrons. The van der Waals surface area contributed by atoms with Crippen LogP contribution in [-0.4, -0.2) is 31.1 Å². The molecule has 0 heterocycles. The summed E-state index contributed by atoms with van der Waals surface area (Å²) >= 11 is 3.67. The maximum absolute atomic E-state index is 6.11. The molecule has 20 heavy (non-hydrogen) atoms. The topological polar surface area (TPSA) is 38.5 Å². The van der Waals surface area contributed by atoms with Crippen LogP contribution >= 0.6 is 15.9 Å². The Bertz CT molecular complexity index is 432. The van der Waals surface area contributed by atoms with Crippen molar-refractivity contribution in [3.05, 3.63) is 28.2 Å². The first kappa shape index (κ1) is 15.8. The fourth-order valence-corrected chi connectivity index (χ4v) is 3.83. The number of nitrogens with two attached hydrogens (primary N) is 1. The zero-order chi connectivity index (χ0) is 14.5. The second-order valence-electron chi connectivity index (χ2n) is 5.41. The van der Waals surface area contributed by atoms with Crippen LogP contribution in [0.5, 0.6) is 5.75 Å². The van der Waals surface area contributed by atoms with Crippen molar-refractivity contribution < 1.29 is 4.74 Å². The lowest BCUT2D eigenvalue weighted by molar-refractivity contribution is 0.146. The van der Waals surface area contributed by atoms with Gasteiger partial charge in [0.2, 0.25) is 0 Å². The Morgan fingerprint density at radius 1 is 1.40 bits per heavy atom. The molecule has 0 aliphatic heterocycles. The fraction of sp³-hybridized carbons (Fsp3) is 0.625. The molecule has 1 aromatic rings. The van der Waals surface area contributed by atoms with Gasteiger partial charge in [-0.15, -0.1) is 0 Å². The number of hydrogen-bond donors (Lipinski definition) is 1. The number of nitrogens with zero attached hydrogens (tertiary/aromatic N) is 1. The lowest BCUT2D eigenvalue weighted by atomic mass is 10.0. The summed E-state index contributed by atoms with van der Waals surface area (Å²) < 4.78 is 6.48. The molecule has 0 aromatic heterocycles. The number of methoxy groups -OCH3 is 1. The molecule has 1 fully saturated rings. The molecule has 1 saturated carbocycles. The number of likely N-dealkylation sites (N-methyl/N-ethyl adjacent to an activating group) is 1. The molecule has 112 valence electrons. The molecule has 2 rings (SSSR count). The van der Waals surface area contributed by atoms with E-state index in [0.717, 1.165) is 16.8 Å². The Balaban J connectivity index is 2.29. The highest BCUT2D eigenvalue weighted by Crippen LogP contribution is 2.35. The van der Waals surface area contributed by atoms with Crippen molar-refractivity contribution in [2.75, 3.05) is 20.2 Å². The van der Waals surface area contributed by atoms with E-state index in [4.69, 9.17) is 10.5 Å². The van der Waals surface area contributed by atoms with Crippen LogP contribution in [0.4, 0.5) is 0 Å². The summed E-state index contributed by atoms with van der Waals surface area (Å²) in [5, 5.41) is 0. The van der Waals surface area contributed by atoms with Crippen LogP contribution < -0.4 is 10.5 Å². The number of hydrogen-bond acceptors (Lipinski definition) is 3. The van der Waals surface area contributed by atoms with Gasteiger partial charge in [-0.25, -0.2) is 0 Å². The van der Waals surface area contributed by atoms with Gasteiger partial charge in [0, 0.05) is 23.1 Å². The quantitative estimate of drug-likeness (QED) is 0.857. The van der Waals surface area contributed by atoms with Gasteiger partial charge >= 0.3 is 0 Å². The average Bonchev–Trinajstić information content (AvgIpc) is 2.99. The third-order valence-electron chi connectivity index (χ3n) is 4.34. The van der Waals surface area contributed by atoms with E-state index in [2.05, 4.69) is 39.9 Å². The van der Waals surface area contributed by atoms with Gasteiger partial charge in [0.05, 0.1) is 7.11 Å². The number of ether oxygens (including phenoxy) is 1. The van der Waals surface area contributed by atoms with Crippen molar-refractivity contribution in [3.8, 4) is 5.75 Å². The maximum atomic E-state index is 6.11. The normalized spacial score (nSPS) is 17.6. The highest BCUT2D eigenvalue weighted by Gasteiger charge is 2.28. The second-order valence-corrected chi connectivity index (χ2v) is 6.26. The van der Waals surface area contributed by atoms with E-state index in [1.807, 2.05) is 6.07 Å². The summed E-state index contributed by atoms with van der Waals surface area (Å²) in [6.45, 7) is 3.90. The van der Waals surface area contributed by atoms with Crippen molar-refractivity contribution in [3.63, 3.8) is 0 Å². The minimum absolute atomic E-state index is 0.257. The lowest BCUT2D eigenvalue weighted by Gasteiger charge is -2.36. The highest BCUT2D eigenvalue weighted by atomic mass is 79.9. The Kier molecular flexibility index (Phi) is 5.87. The van der Waals surface area contributed by atoms with Gasteiger partial charge in [-0.05, 0) is 43.1 Å². The molecule has 1 aliphatic rings. The summed E-state index contributed by atoms with van der Waals surface area (Å²) in [5.41, 5.74) is 7.34. The van der Waals surface area contributed by atoms with Crippen molar-refractivity contribution in [1.29, 1.82) is 0 Å². The Hall–Kier alpha value is -0.580. The number of rotatable bonds is 6. The molecule has 1 unspecified atom stereocenters. The van der Waals surface area contributed by atoms with Crippen LogP contribution in [0.15, 0.2) is 22.7 Å². The predicted octanol–water partition coefficient (Wildman–Crippen LogP) is 3.72. The molecule has 0 saturated heterocycles. The van der Waals surface area contributed by atoms with Crippen LogP contribution in [0.3, 0.4) is 0 Å². The Morgan fingerprint density at radius 2 is 2.10 bits per heavy atom. The van der Waals surface area contributed by atoms with Crippen LogP contribution in [0.2, 0.25) is 0 Å². The van der Waals surface area contributed by atoms with Crippen molar-refractivity contribution in [2.24, 2.45) is 5.73 Å². The second kappa shape index (κ2) is 7.43. The fourth-order valence-electron chi connectivity index (χ4n) is 3.31. The molecular weight excluding hydrogens is 316 g/mol. The monoisotopic (exact) mass is 340 g/mol. The first-order valence-electron chi connectivity index (χ1n) is 7.50. The maximum Gasteiger partial charge on any atom is 0.119 e. The van der Waals surface area contributed by atoms with Crippen LogP contribution in [0.25, 0.3) is 0 Å². The van der Waals surface area contributed by atoms with E-state index in [-0.39, 0.29) is 6.04 Å².